The van der Waals surface area contributed by atoms with Crippen LogP contribution in [0.1, 0.15) is 12.8 Å². The number of hydrogen-bond acceptors (Lipinski definition) is 4. The fraction of sp³-hybridized carbons (Fsp3) is 0.857. The first kappa shape index (κ1) is 13.6. The first-order valence-electron chi connectivity index (χ1n) is 4.06. The van der Waals surface area contributed by atoms with Gasteiger partial charge in [-0.1, -0.05) is 0 Å². The van der Waals surface area contributed by atoms with Crippen molar-refractivity contribution in [3.63, 3.8) is 0 Å². The third-order valence-electron chi connectivity index (χ3n) is 1.44. The second-order valence-corrected chi connectivity index (χ2v) is 6.93. The van der Waals surface area contributed by atoms with Crippen molar-refractivity contribution in [2.24, 2.45) is 0 Å². The number of carboxylic acids is 1. The summed E-state index contributed by atoms with van der Waals surface area (Å²) in [4.78, 5) is 10.1. The maximum Gasteiger partial charge on any atom is 0.303 e. The first-order valence-corrected chi connectivity index (χ1v) is 7.60. The molecule has 0 bridgehead atoms. The van der Waals surface area contributed by atoms with E-state index >= 15 is 0 Å². The molecule has 5 nitrogen and oxygen atoms in total. The van der Waals surface area contributed by atoms with E-state index in [9.17, 15) is 17.4 Å². The van der Waals surface area contributed by atoms with Crippen LogP contribution < -0.4 is 0 Å². The number of hydrogen-bond donors (Lipinski definition) is 1. The van der Waals surface area contributed by atoms with Crippen molar-refractivity contribution >= 4 is 26.6 Å². The molecule has 0 aromatic rings. The van der Waals surface area contributed by atoms with Gasteiger partial charge in [-0.3, -0.25) is 9.00 Å². The molecule has 14 heavy (non-hydrogen) atoms. The van der Waals surface area contributed by atoms with Crippen molar-refractivity contribution in [2.75, 3.05) is 23.5 Å². The lowest BCUT2D eigenvalue weighted by Crippen LogP contribution is -2.14. The van der Waals surface area contributed by atoms with Crippen LogP contribution in [0.25, 0.3) is 0 Å². The quantitative estimate of drug-likeness (QED) is 0.659. The molecule has 1 unspecified atom stereocenters. The topological polar surface area (TPSA) is 88.5 Å². The summed E-state index contributed by atoms with van der Waals surface area (Å²) in [5.74, 6) is -0.683. The predicted molar refractivity (Wildman–Crippen MR) is 54.5 cm³/mol. The lowest BCUT2D eigenvalue weighted by Gasteiger charge is -1.99. The van der Waals surface area contributed by atoms with E-state index in [0.29, 0.717) is 6.42 Å². The Balaban J connectivity index is 3.62. The molecule has 7 heteroatoms. The zero-order chi connectivity index (χ0) is 11.2. The smallest absolute Gasteiger partial charge is 0.303 e. The van der Waals surface area contributed by atoms with Gasteiger partial charge in [-0.05, 0) is 6.42 Å². The standard InChI is InChI=1S/C7H14O5S2/c1-14(11,12)6-5-13(10)4-2-3-7(8)9/h2-6H2,1H3,(H,8,9). The zero-order valence-electron chi connectivity index (χ0n) is 7.93. The first-order chi connectivity index (χ1) is 6.31. The van der Waals surface area contributed by atoms with Crippen LogP contribution >= 0.6 is 0 Å². The maximum absolute atomic E-state index is 11.1. The Labute approximate surface area is 85.9 Å². The lowest BCUT2D eigenvalue weighted by atomic mass is 10.3. The normalized spacial score (nSPS) is 13.8. The van der Waals surface area contributed by atoms with Gasteiger partial charge >= 0.3 is 5.97 Å². The van der Waals surface area contributed by atoms with Crippen molar-refractivity contribution in [3.8, 4) is 0 Å². The predicted octanol–water partition coefficient (Wildman–Crippen LogP) is -0.355. The molecule has 0 aromatic carbocycles. The fourth-order valence-electron chi connectivity index (χ4n) is 0.731. The molecule has 0 amide bonds. The Kier molecular flexibility index (Phi) is 5.94. The number of carboxylic acid groups (broad SMARTS) is 1. The van der Waals surface area contributed by atoms with Gasteiger partial charge in [0.25, 0.3) is 0 Å². The van der Waals surface area contributed by atoms with Crippen LogP contribution in [0.4, 0.5) is 0 Å². The largest absolute Gasteiger partial charge is 0.481 e. The fourth-order valence-corrected chi connectivity index (χ4v) is 3.36. The van der Waals surface area contributed by atoms with E-state index in [0.717, 1.165) is 6.26 Å². The summed E-state index contributed by atoms with van der Waals surface area (Å²) < 4.78 is 32.5. The monoisotopic (exact) mass is 242 g/mol. The molecule has 1 atom stereocenters. The van der Waals surface area contributed by atoms with Crippen LogP contribution in [0.3, 0.4) is 0 Å². The minimum absolute atomic E-state index is 0.0232. The average molecular weight is 242 g/mol. The molecule has 0 saturated carbocycles. The Bertz CT molecular complexity index is 306. The van der Waals surface area contributed by atoms with Gasteiger partial charge in [-0.2, -0.15) is 0 Å². The van der Waals surface area contributed by atoms with Crippen LogP contribution in [0.2, 0.25) is 0 Å². The van der Waals surface area contributed by atoms with Gasteiger partial charge in [0.2, 0.25) is 0 Å². The Morgan fingerprint density at radius 2 is 1.93 bits per heavy atom. The summed E-state index contributed by atoms with van der Waals surface area (Å²) >= 11 is 0. The molecule has 0 aliphatic carbocycles. The molecule has 84 valence electrons. The summed E-state index contributed by atoms with van der Waals surface area (Å²) in [7, 11) is -4.30. The molecule has 0 spiro atoms. The molecule has 0 heterocycles. The molecule has 0 radical (unpaired) electrons. The van der Waals surface area contributed by atoms with Crippen LogP contribution in [0.15, 0.2) is 0 Å². The minimum atomic E-state index is -3.07. The summed E-state index contributed by atoms with van der Waals surface area (Å²) in [5.41, 5.74) is 0. The molecule has 0 aliphatic heterocycles. The number of sulfone groups is 1. The second kappa shape index (κ2) is 6.13. The van der Waals surface area contributed by atoms with Crippen molar-refractivity contribution < 1.29 is 22.5 Å². The highest BCUT2D eigenvalue weighted by Gasteiger charge is 2.07. The number of carbonyl (C=O) groups is 1. The van der Waals surface area contributed by atoms with Crippen LogP contribution in [0, 0.1) is 0 Å². The molecule has 0 saturated heterocycles. The molecular weight excluding hydrogens is 228 g/mol. The van der Waals surface area contributed by atoms with E-state index in [2.05, 4.69) is 0 Å². The Morgan fingerprint density at radius 3 is 2.36 bits per heavy atom. The molecule has 0 rings (SSSR count). The van der Waals surface area contributed by atoms with Gasteiger partial charge in [-0.15, -0.1) is 0 Å². The highest BCUT2D eigenvalue weighted by atomic mass is 32.2. The SMILES string of the molecule is CS(=O)(=O)CCS(=O)CCCC(=O)O. The summed E-state index contributed by atoms with van der Waals surface area (Å²) in [6.07, 6.45) is 1.39. The third kappa shape index (κ3) is 9.66. The molecule has 1 N–H and O–H groups in total. The summed E-state index contributed by atoms with van der Waals surface area (Å²) in [5, 5.41) is 8.29. The van der Waals surface area contributed by atoms with E-state index in [1.807, 2.05) is 0 Å². The summed E-state index contributed by atoms with van der Waals surface area (Å²) in [6, 6.07) is 0. The van der Waals surface area contributed by atoms with Crippen LogP contribution in [-0.2, 0) is 25.4 Å². The Morgan fingerprint density at radius 1 is 1.36 bits per heavy atom. The van der Waals surface area contributed by atoms with Gasteiger partial charge in [0, 0.05) is 35.0 Å². The maximum atomic E-state index is 11.1. The van der Waals surface area contributed by atoms with Crippen molar-refractivity contribution in [1.29, 1.82) is 0 Å². The molecule has 0 aromatic heterocycles. The molecule has 0 aliphatic rings. The second-order valence-electron chi connectivity index (χ2n) is 2.98. The van der Waals surface area contributed by atoms with Crippen molar-refractivity contribution in [1.82, 2.24) is 0 Å². The van der Waals surface area contributed by atoms with Crippen LogP contribution in [-0.4, -0.2) is 47.2 Å². The van der Waals surface area contributed by atoms with Crippen molar-refractivity contribution in [3.05, 3.63) is 0 Å². The molecular formula is C7H14O5S2. The molecule has 0 fully saturated rings. The van der Waals surface area contributed by atoms with E-state index < -0.39 is 26.6 Å². The van der Waals surface area contributed by atoms with Gasteiger partial charge in [0.1, 0.15) is 9.84 Å². The van der Waals surface area contributed by atoms with Crippen LogP contribution in [0.5, 0.6) is 0 Å². The van der Waals surface area contributed by atoms with Gasteiger partial charge in [0.15, 0.2) is 0 Å². The van der Waals surface area contributed by atoms with E-state index in [4.69, 9.17) is 5.11 Å². The van der Waals surface area contributed by atoms with E-state index in [1.165, 1.54) is 0 Å². The van der Waals surface area contributed by atoms with Gasteiger partial charge in [-0.25, -0.2) is 8.42 Å². The van der Waals surface area contributed by atoms with Crippen molar-refractivity contribution in [2.45, 2.75) is 12.8 Å². The highest BCUT2D eigenvalue weighted by molar-refractivity contribution is 7.92. The summed E-state index contributed by atoms with van der Waals surface area (Å²) in [6.45, 7) is 0. The van der Waals surface area contributed by atoms with E-state index in [-0.39, 0.29) is 23.7 Å². The van der Waals surface area contributed by atoms with E-state index in [1.54, 1.807) is 0 Å². The minimum Gasteiger partial charge on any atom is -0.481 e. The zero-order valence-corrected chi connectivity index (χ0v) is 9.57. The Hall–Kier alpha value is -0.430. The lowest BCUT2D eigenvalue weighted by molar-refractivity contribution is -0.137. The number of rotatable bonds is 7. The van der Waals surface area contributed by atoms with Gasteiger partial charge < -0.3 is 5.11 Å². The number of aliphatic carboxylic acids is 1. The van der Waals surface area contributed by atoms with Gasteiger partial charge in [0.05, 0.1) is 5.75 Å². The highest BCUT2D eigenvalue weighted by Crippen LogP contribution is 1.95. The third-order valence-corrected chi connectivity index (χ3v) is 4.05. The average Bonchev–Trinajstić information content (AvgIpc) is 1.99.